The van der Waals surface area contributed by atoms with Gasteiger partial charge in [0, 0.05) is 42.3 Å². The zero-order valence-corrected chi connectivity index (χ0v) is 22.1. The maximum absolute atomic E-state index is 13.6. The summed E-state index contributed by atoms with van der Waals surface area (Å²) in [7, 11) is 1.83. The van der Waals surface area contributed by atoms with E-state index in [1.54, 1.807) is 9.80 Å². The number of likely N-dealkylation sites (tertiary alicyclic amines) is 1. The first-order chi connectivity index (χ1) is 17.3. The normalized spacial score (nSPS) is 19.7. The summed E-state index contributed by atoms with van der Waals surface area (Å²) < 4.78 is 2.00. The molecule has 2 amide bonds. The van der Waals surface area contributed by atoms with Gasteiger partial charge < -0.3 is 14.4 Å². The first-order valence-electron chi connectivity index (χ1n) is 12.5. The van der Waals surface area contributed by atoms with Crippen molar-refractivity contribution in [3.63, 3.8) is 0 Å². The molecule has 7 heteroatoms. The predicted molar refractivity (Wildman–Crippen MR) is 149 cm³/mol. The number of hydrogen-bond acceptors (Lipinski definition) is 3. The zero-order valence-electron chi connectivity index (χ0n) is 21.3. The number of likely N-dealkylation sites (N-methyl/N-ethyl adjacent to an activating group) is 1. The van der Waals surface area contributed by atoms with E-state index in [-0.39, 0.29) is 24.4 Å². The Labute approximate surface area is 217 Å². The first-order valence-corrected chi connectivity index (χ1v) is 13.0. The largest absolute Gasteiger partial charge is 0.338 e. The fourth-order valence-corrected chi connectivity index (χ4v) is 5.51. The van der Waals surface area contributed by atoms with Crippen LogP contribution in [-0.4, -0.2) is 50.9 Å². The van der Waals surface area contributed by atoms with Crippen LogP contribution in [0.2, 0.25) is 0 Å². The third kappa shape index (κ3) is 4.22. The Morgan fingerprint density at radius 3 is 2.64 bits per heavy atom. The van der Waals surface area contributed by atoms with Crippen molar-refractivity contribution in [1.29, 1.82) is 0 Å². The Morgan fingerprint density at radius 1 is 1.11 bits per heavy atom. The number of nitrogens with zero attached hydrogens (tertiary/aromatic N) is 4. The fourth-order valence-electron chi connectivity index (χ4n) is 5.22. The predicted octanol–water partition coefficient (Wildman–Crippen LogP) is 5.26. The minimum atomic E-state index is -0.152. The van der Waals surface area contributed by atoms with Gasteiger partial charge in [-0.15, -0.1) is 0 Å². The third-order valence-corrected chi connectivity index (χ3v) is 8.01. The molecule has 1 aromatic heterocycles. The molecule has 2 saturated heterocycles. The number of amides is 2. The van der Waals surface area contributed by atoms with Crippen LogP contribution in [0.4, 0.5) is 5.69 Å². The van der Waals surface area contributed by atoms with Crippen LogP contribution in [-0.2, 0) is 16.1 Å². The second-order valence-electron chi connectivity index (χ2n) is 9.94. The average molecular weight is 501 g/mol. The van der Waals surface area contributed by atoms with Crippen molar-refractivity contribution in [2.24, 2.45) is 0 Å². The summed E-state index contributed by atoms with van der Waals surface area (Å²) in [5.74, 6) is -0.0147. The zero-order chi connectivity index (χ0) is 25.6. The molecule has 3 aromatic rings. The topological polar surface area (TPSA) is 48.8 Å². The maximum Gasteiger partial charge on any atom is 0.281 e. The molecule has 36 heavy (non-hydrogen) atoms. The number of fused-ring (bicyclic) bond motifs is 1. The smallest absolute Gasteiger partial charge is 0.281 e. The van der Waals surface area contributed by atoms with Crippen molar-refractivity contribution < 1.29 is 9.59 Å². The number of carbonyl (C=O) groups excluding carboxylic acids is 2. The second kappa shape index (κ2) is 9.54. The van der Waals surface area contributed by atoms with Crippen molar-refractivity contribution in [1.82, 2.24) is 14.4 Å². The van der Waals surface area contributed by atoms with Gasteiger partial charge in [-0.05, 0) is 87.7 Å². The van der Waals surface area contributed by atoms with E-state index >= 15 is 0 Å². The van der Waals surface area contributed by atoms with Crippen LogP contribution in [0.1, 0.15) is 42.9 Å². The van der Waals surface area contributed by atoms with E-state index in [2.05, 4.69) is 6.92 Å². The Morgan fingerprint density at radius 2 is 1.89 bits per heavy atom. The average Bonchev–Trinajstić information content (AvgIpc) is 3.31. The van der Waals surface area contributed by atoms with E-state index in [0.717, 1.165) is 47.1 Å². The molecule has 0 spiro atoms. The highest BCUT2D eigenvalue weighted by Gasteiger charge is 2.37. The van der Waals surface area contributed by atoms with Crippen molar-refractivity contribution in [3.8, 4) is 0 Å². The van der Waals surface area contributed by atoms with Crippen LogP contribution < -0.4 is 4.90 Å². The molecular formula is C29H32N4O2S. The van der Waals surface area contributed by atoms with Gasteiger partial charge >= 0.3 is 0 Å². The Hall–Kier alpha value is -3.45. The van der Waals surface area contributed by atoms with E-state index in [4.69, 9.17) is 12.2 Å². The third-order valence-electron chi connectivity index (χ3n) is 7.55. The number of rotatable bonds is 4. The van der Waals surface area contributed by atoms with Gasteiger partial charge in [0.1, 0.15) is 12.2 Å². The molecule has 0 N–H and O–H groups in total. The molecule has 2 aliphatic rings. The van der Waals surface area contributed by atoms with Crippen LogP contribution in [0.5, 0.6) is 0 Å². The molecule has 0 radical (unpaired) electrons. The number of thiocarbonyl (C=S) groups is 1. The number of carbonyl (C=O) groups is 2. The molecule has 1 atom stereocenters. The van der Waals surface area contributed by atoms with Crippen LogP contribution in [0.3, 0.4) is 0 Å². The molecule has 0 saturated carbocycles. The molecule has 6 nitrogen and oxygen atoms in total. The number of anilines is 1. The molecular weight excluding hydrogens is 468 g/mol. The first kappa shape index (κ1) is 24.3. The van der Waals surface area contributed by atoms with Crippen molar-refractivity contribution in [2.45, 2.75) is 52.6 Å². The minimum absolute atomic E-state index is 0.137. The lowest BCUT2D eigenvalue weighted by Gasteiger charge is -2.33. The highest BCUT2D eigenvalue weighted by Crippen LogP contribution is 2.31. The molecule has 0 unspecified atom stereocenters. The number of benzene rings is 2. The van der Waals surface area contributed by atoms with Gasteiger partial charge in [0.2, 0.25) is 5.91 Å². The van der Waals surface area contributed by atoms with E-state index in [1.807, 2.05) is 85.1 Å². The highest BCUT2D eigenvalue weighted by atomic mass is 32.1. The Bertz CT molecular complexity index is 1410. The van der Waals surface area contributed by atoms with Crippen molar-refractivity contribution in [2.75, 3.05) is 18.5 Å². The number of piperidine rings is 1. The number of para-hydroxylation sites is 1. The van der Waals surface area contributed by atoms with Gasteiger partial charge in [-0.25, -0.2) is 0 Å². The molecule has 3 heterocycles. The summed E-state index contributed by atoms with van der Waals surface area (Å²) in [6, 6.07) is 14.2. The molecule has 2 aliphatic heterocycles. The van der Waals surface area contributed by atoms with Gasteiger partial charge in [0.05, 0.1) is 5.69 Å². The Kier molecular flexibility index (Phi) is 6.43. The maximum atomic E-state index is 13.6. The summed E-state index contributed by atoms with van der Waals surface area (Å²) in [4.78, 5) is 32.1. The van der Waals surface area contributed by atoms with Gasteiger partial charge in [0.15, 0.2) is 5.11 Å². The van der Waals surface area contributed by atoms with Crippen LogP contribution in [0.15, 0.2) is 54.4 Å². The van der Waals surface area contributed by atoms with Crippen LogP contribution in [0, 0.1) is 13.8 Å². The number of hydrogen-bond donors (Lipinski definition) is 0. The van der Waals surface area contributed by atoms with Crippen molar-refractivity contribution in [3.05, 3.63) is 71.0 Å². The lowest BCUT2D eigenvalue weighted by molar-refractivity contribution is -0.135. The fraction of sp³-hybridized carbons (Fsp3) is 0.345. The lowest BCUT2D eigenvalue weighted by Crippen LogP contribution is -2.43. The quantitative estimate of drug-likeness (QED) is 0.362. The molecule has 2 fully saturated rings. The van der Waals surface area contributed by atoms with Gasteiger partial charge in [0.25, 0.3) is 5.91 Å². The van der Waals surface area contributed by atoms with E-state index in [0.29, 0.717) is 10.8 Å². The highest BCUT2D eigenvalue weighted by molar-refractivity contribution is 7.80. The summed E-state index contributed by atoms with van der Waals surface area (Å²) in [5.41, 5.74) is 5.43. The van der Waals surface area contributed by atoms with Gasteiger partial charge in [-0.1, -0.05) is 24.3 Å². The monoisotopic (exact) mass is 500 g/mol. The van der Waals surface area contributed by atoms with Crippen LogP contribution >= 0.6 is 12.2 Å². The minimum Gasteiger partial charge on any atom is -0.338 e. The van der Waals surface area contributed by atoms with Crippen LogP contribution in [0.25, 0.3) is 17.0 Å². The van der Waals surface area contributed by atoms with E-state index in [1.165, 1.54) is 12.0 Å². The Balaban J connectivity index is 1.49. The second-order valence-corrected chi connectivity index (χ2v) is 10.3. The number of aryl methyl sites for hydroxylation is 2. The SMILES string of the molecule is Cc1ccc(N2C(=O)/C(=C/c3cn(CC(=O)N4CCCC[C@@H]4C)c4ccccc34)N(C)C2=S)cc1C. The summed E-state index contributed by atoms with van der Waals surface area (Å²) in [6.07, 6.45) is 7.17. The van der Waals surface area contributed by atoms with Crippen molar-refractivity contribution >= 4 is 51.8 Å². The summed E-state index contributed by atoms with van der Waals surface area (Å²) in [5, 5.41) is 1.45. The summed E-state index contributed by atoms with van der Waals surface area (Å²) >= 11 is 5.67. The standard InChI is InChI=1S/C29H32N4O2S/c1-19-12-13-23(15-20(19)2)33-28(35)26(30(4)29(33)36)16-22-17-31(25-11-6-5-10-24(22)25)18-27(34)32-14-8-7-9-21(32)3/h5-6,10-13,15-17,21H,7-9,14,18H2,1-4H3/b26-16-/t21-/m0/s1. The van der Waals surface area contributed by atoms with Gasteiger partial charge in [-0.3, -0.25) is 14.5 Å². The van der Waals surface area contributed by atoms with E-state index in [9.17, 15) is 9.59 Å². The number of aromatic nitrogens is 1. The lowest BCUT2D eigenvalue weighted by atomic mass is 10.0. The molecule has 2 aromatic carbocycles. The van der Waals surface area contributed by atoms with Gasteiger partial charge in [-0.2, -0.15) is 0 Å². The summed E-state index contributed by atoms with van der Waals surface area (Å²) in [6.45, 7) is 7.31. The van der Waals surface area contributed by atoms with E-state index < -0.39 is 0 Å². The molecule has 186 valence electrons. The molecule has 0 aliphatic carbocycles. The molecule has 5 rings (SSSR count). The molecule has 0 bridgehead atoms.